The first-order valence-electron chi connectivity index (χ1n) is 4.22. The highest BCUT2D eigenvalue weighted by atomic mass is 32.1. The molecule has 0 aliphatic carbocycles. The normalized spacial score (nSPS) is 13.1. The van der Waals surface area contributed by atoms with Crippen LogP contribution in [0.15, 0.2) is 0 Å². The molecule has 0 fully saturated rings. The summed E-state index contributed by atoms with van der Waals surface area (Å²) in [5.74, 6) is 0.720. The van der Waals surface area contributed by atoms with E-state index < -0.39 is 0 Å². The second-order valence-corrected chi connectivity index (χ2v) is 3.50. The Kier molecular flexibility index (Phi) is 6.20. The average Bonchev–Trinajstić information content (AvgIpc) is 1.98. The Balaban J connectivity index is 3.61. The first kappa shape index (κ1) is 11.8. The molecule has 0 heterocycles. The molecule has 3 nitrogen and oxygen atoms in total. The molecule has 12 heavy (non-hydrogen) atoms. The van der Waals surface area contributed by atoms with Gasteiger partial charge in [-0.2, -0.15) is 12.6 Å². The summed E-state index contributed by atoms with van der Waals surface area (Å²) in [7, 11) is 0. The van der Waals surface area contributed by atoms with Crippen molar-refractivity contribution in [3.05, 3.63) is 0 Å². The number of hydrogen-bond acceptors (Lipinski definition) is 3. The fourth-order valence-corrected chi connectivity index (χ4v) is 1.02. The van der Waals surface area contributed by atoms with Crippen LogP contribution in [0.2, 0.25) is 0 Å². The van der Waals surface area contributed by atoms with Gasteiger partial charge < -0.3 is 10.6 Å². The number of hydrogen-bond donors (Lipinski definition) is 3. The van der Waals surface area contributed by atoms with Gasteiger partial charge in [-0.05, 0) is 6.92 Å². The van der Waals surface area contributed by atoms with E-state index in [0.717, 1.165) is 0 Å². The minimum Gasteiger partial charge on any atom is -0.354 e. The first-order chi connectivity index (χ1) is 5.57. The lowest BCUT2D eigenvalue weighted by atomic mass is 10.2. The van der Waals surface area contributed by atoms with Gasteiger partial charge in [-0.25, -0.2) is 0 Å². The van der Waals surface area contributed by atoms with Crippen molar-refractivity contribution < 1.29 is 4.79 Å². The summed E-state index contributed by atoms with van der Waals surface area (Å²) in [4.78, 5) is 11.2. The van der Waals surface area contributed by atoms with Crippen LogP contribution in [-0.2, 0) is 4.79 Å². The molecule has 0 radical (unpaired) electrons. The van der Waals surface area contributed by atoms with Gasteiger partial charge in [0.25, 0.3) is 0 Å². The molecule has 0 rings (SSSR count). The van der Waals surface area contributed by atoms with Crippen LogP contribution in [0.5, 0.6) is 0 Å². The lowest BCUT2D eigenvalue weighted by Gasteiger charge is -2.15. The van der Waals surface area contributed by atoms with Crippen LogP contribution in [0, 0.1) is 0 Å². The van der Waals surface area contributed by atoms with Crippen LogP contribution in [-0.4, -0.2) is 30.3 Å². The van der Waals surface area contributed by atoms with Crippen LogP contribution in [0.3, 0.4) is 0 Å². The number of nitrogens with one attached hydrogen (secondary N) is 2. The number of thiol groups is 1. The van der Waals surface area contributed by atoms with Crippen molar-refractivity contribution in [2.45, 2.75) is 32.9 Å². The van der Waals surface area contributed by atoms with Crippen molar-refractivity contribution in [2.24, 2.45) is 0 Å². The number of amides is 1. The lowest BCUT2D eigenvalue weighted by Crippen LogP contribution is -2.45. The van der Waals surface area contributed by atoms with Crippen LogP contribution in [0.25, 0.3) is 0 Å². The maximum Gasteiger partial charge on any atom is 0.236 e. The van der Waals surface area contributed by atoms with Crippen molar-refractivity contribution in [1.82, 2.24) is 10.6 Å². The highest BCUT2D eigenvalue weighted by Gasteiger charge is 2.11. The van der Waals surface area contributed by atoms with Gasteiger partial charge in [0.15, 0.2) is 0 Å². The van der Waals surface area contributed by atoms with Crippen LogP contribution < -0.4 is 10.6 Å². The Morgan fingerprint density at radius 2 is 2.00 bits per heavy atom. The summed E-state index contributed by atoms with van der Waals surface area (Å²) in [5, 5.41) is 5.87. The van der Waals surface area contributed by atoms with Crippen molar-refractivity contribution in [1.29, 1.82) is 0 Å². The van der Waals surface area contributed by atoms with E-state index in [1.807, 2.05) is 20.8 Å². The van der Waals surface area contributed by atoms with E-state index >= 15 is 0 Å². The van der Waals surface area contributed by atoms with Crippen LogP contribution in [0.1, 0.15) is 20.8 Å². The smallest absolute Gasteiger partial charge is 0.236 e. The van der Waals surface area contributed by atoms with Gasteiger partial charge in [0.05, 0.1) is 6.04 Å². The zero-order valence-electron chi connectivity index (χ0n) is 7.92. The molecule has 1 amide bonds. The van der Waals surface area contributed by atoms with Crippen molar-refractivity contribution in [3.63, 3.8) is 0 Å². The molecule has 72 valence electrons. The molecule has 0 aromatic rings. The predicted molar refractivity (Wildman–Crippen MR) is 54.6 cm³/mol. The van der Waals surface area contributed by atoms with Gasteiger partial charge in [-0.1, -0.05) is 13.8 Å². The molecule has 1 unspecified atom stereocenters. The highest BCUT2D eigenvalue weighted by Crippen LogP contribution is 1.86. The van der Waals surface area contributed by atoms with E-state index in [9.17, 15) is 4.79 Å². The molecule has 0 saturated carbocycles. The molecule has 0 aliphatic heterocycles. The first-order valence-corrected chi connectivity index (χ1v) is 4.85. The number of carbonyl (C=O) groups is 1. The Hall–Kier alpha value is -0.220. The Bertz CT molecular complexity index is 139. The molecule has 1 atom stereocenters. The standard InChI is InChI=1S/C8H18N2OS/c1-6(2)10-7(3)8(11)9-4-5-12/h6-7,10,12H,4-5H2,1-3H3,(H,9,11). The molecular formula is C8H18N2OS. The molecule has 0 saturated heterocycles. The summed E-state index contributed by atoms with van der Waals surface area (Å²) >= 11 is 4.00. The third-order valence-electron chi connectivity index (χ3n) is 1.39. The summed E-state index contributed by atoms with van der Waals surface area (Å²) in [6.07, 6.45) is 0. The third-order valence-corrected chi connectivity index (χ3v) is 1.61. The fourth-order valence-electron chi connectivity index (χ4n) is 0.908. The monoisotopic (exact) mass is 190 g/mol. The van der Waals surface area contributed by atoms with Crippen LogP contribution in [0.4, 0.5) is 0 Å². The minimum absolute atomic E-state index is 0.0396. The summed E-state index contributed by atoms with van der Waals surface area (Å²) in [6.45, 7) is 6.52. The highest BCUT2D eigenvalue weighted by molar-refractivity contribution is 7.80. The second-order valence-electron chi connectivity index (χ2n) is 3.06. The molecule has 0 spiro atoms. The topological polar surface area (TPSA) is 41.1 Å². The van der Waals surface area contributed by atoms with Gasteiger partial charge in [-0.3, -0.25) is 4.79 Å². The largest absolute Gasteiger partial charge is 0.354 e. The maximum atomic E-state index is 11.2. The quantitative estimate of drug-likeness (QED) is 0.550. The molecule has 0 bridgehead atoms. The van der Waals surface area contributed by atoms with Crippen LogP contribution >= 0.6 is 12.6 Å². The molecule has 0 aromatic heterocycles. The number of rotatable bonds is 5. The summed E-state index contributed by atoms with van der Waals surface area (Å²) in [5.41, 5.74) is 0. The summed E-state index contributed by atoms with van der Waals surface area (Å²) in [6, 6.07) is 0.214. The Morgan fingerprint density at radius 3 is 2.42 bits per heavy atom. The average molecular weight is 190 g/mol. The van der Waals surface area contributed by atoms with E-state index in [1.54, 1.807) is 0 Å². The van der Waals surface area contributed by atoms with Gasteiger partial charge in [0.1, 0.15) is 0 Å². The van der Waals surface area contributed by atoms with Gasteiger partial charge >= 0.3 is 0 Å². The molecule has 0 aromatic carbocycles. The third kappa shape index (κ3) is 5.43. The predicted octanol–water partition coefficient (Wildman–Crippen LogP) is 0.419. The SMILES string of the molecule is CC(C)NC(C)C(=O)NCCS. The van der Waals surface area contributed by atoms with E-state index in [2.05, 4.69) is 23.3 Å². The fraction of sp³-hybridized carbons (Fsp3) is 0.875. The minimum atomic E-state index is -0.120. The van der Waals surface area contributed by atoms with Crippen molar-refractivity contribution in [3.8, 4) is 0 Å². The van der Waals surface area contributed by atoms with Gasteiger partial charge in [0, 0.05) is 18.3 Å². The van der Waals surface area contributed by atoms with Crippen molar-refractivity contribution in [2.75, 3.05) is 12.3 Å². The summed E-state index contributed by atoms with van der Waals surface area (Å²) < 4.78 is 0. The molecule has 4 heteroatoms. The van der Waals surface area contributed by atoms with E-state index in [1.165, 1.54) is 0 Å². The number of carbonyl (C=O) groups excluding carboxylic acids is 1. The van der Waals surface area contributed by atoms with E-state index in [-0.39, 0.29) is 11.9 Å². The maximum absolute atomic E-state index is 11.2. The molecule has 2 N–H and O–H groups in total. The Morgan fingerprint density at radius 1 is 1.42 bits per heavy atom. The lowest BCUT2D eigenvalue weighted by molar-refractivity contribution is -0.122. The van der Waals surface area contributed by atoms with E-state index in [4.69, 9.17) is 0 Å². The zero-order chi connectivity index (χ0) is 9.56. The zero-order valence-corrected chi connectivity index (χ0v) is 8.82. The van der Waals surface area contributed by atoms with Crippen molar-refractivity contribution >= 4 is 18.5 Å². The molecule has 0 aliphatic rings. The Labute approximate surface area is 79.7 Å². The van der Waals surface area contributed by atoms with Gasteiger partial charge in [0.2, 0.25) is 5.91 Å². The molecular weight excluding hydrogens is 172 g/mol. The second kappa shape index (κ2) is 6.31. The van der Waals surface area contributed by atoms with E-state index in [0.29, 0.717) is 18.3 Å². The van der Waals surface area contributed by atoms with Gasteiger partial charge in [-0.15, -0.1) is 0 Å².